The van der Waals surface area contributed by atoms with Crippen LogP contribution < -0.4 is 21.1 Å². The van der Waals surface area contributed by atoms with E-state index in [1.54, 1.807) is 17.7 Å². The van der Waals surface area contributed by atoms with Gasteiger partial charge in [-0.3, -0.25) is 14.2 Å². The molecule has 210 valence electrons. The summed E-state index contributed by atoms with van der Waals surface area (Å²) in [4.78, 5) is 49.1. The van der Waals surface area contributed by atoms with Gasteiger partial charge in [0.25, 0.3) is 5.56 Å². The van der Waals surface area contributed by atoms with Gasteiger partial charge in [0.2, 0.25) is 11.9 Å². The normalized spacial score (nSPS) is 22.5. The van der Waals surface area contributed by atoms with E-state index in [9.17, 15) is 19.5 Å². The van der Waals surface area contributed by atoms with E-state index in [2.05, 4.69) is 20.5 Å². The average Bonchev–Trinajstić information content (AvgIpc) is 3.39. The number of nitrogens with zero attached hydrogens (tertiary/aromatic N) is 4. The summed E-state index contributed by atoms with van der Waals surface area (Å²) in [5.74, 6) is 0.789. The van der Waals surface area contributed by atoms with Gasteiger partial charge in [0.05, 0.1) is 22.6 Å². The fourth-order valence-electron chi connectivity index (χ4n) is 6.32. The van der Waals surface area contributed by atoms with E-state index in [4.69, 9.17) is 16.6 Å². The zero-order chi connectivity index (χ0) is 28.3. The van der Waals surface area contributed by atoms with Gasteiger partial charge < -0.3 is 20.6 Å². The van der Waals surface area contributed by atoms with Gasteiger partial charge in [0, 0.05) is 38.2 Å². The Morgan fingerprint density at radius 1 is 1.18 bits per heavy atom. The molecule has 10 nitrogen and oxygen atoms in total. The number of aromatic carboxylic acids is 1. The SMILES string of the molecule is Cc1cc([C@@H](C)Nc2ccc(Cl)nc2C(=O)O)c2nc(N3C[C@H]4C(C(=O)NCC5CCC5)[C@@H]4C3)n(C)c(=O)c2c1. The van der Waals surface area contributed by atoms with Crippen LogP contribution in [0.1, 0.15) is 53.8 Å². The topological polar surface area (TPSA) is 129 Å². The Labute approximate surface area is 236 Å². The Morgan fingerprint density at radius 2 is 1.90 bits per heavy atom. The molecule has 2 saturated carbocycles. The number of benzene rings is 1. The number of piperidine rings is 1. The van der Waals surface area contributed by atoms with Gasteiger partial charge in [-0.05, 0) is 68.2 Å². The predicted molar refractivity (Wildman–Crippen MR) is 153 cm³/mol. The highest BCUT2D eigenvalue weighted by molar-refractivity contribution is 6.29. The number of aromatic nitrogens is 3. The molecule has 0 spiro atoms. The fourth-order valence-corrected chi connectivity index (χ4v) is 6.47. The number of carbonyl (C=O) groups excluding carboxylic acids is 1. The van der Waals surface area contributed by atoms with E-state index in [0.29, 0.717) is 41.5 Å². The third kappa shape index (κ3) is 4.68. The third-order valence-corrected chi connectivity index (χ3v) is 9.01. The molecule has 3 aromatic rings. The summed E-state index contributed by atoms with van der Waals surface area (Å²) in [7, 11) is 1.74. The zero-order valence-corrected chi connectivity index (χ0v) is 23.5. The molecule has 0 radical (unpaired) electrons. The first kappa shape index (κ1) is 26.6. The number of hydrogen-bond acceptors (Lipinski definition) is 7. The van der Waals surface area contributed by atoms with E-state index < -0.39 is 5.97 Å². The Balaban J connectivity index is 1.26. The second-order valence-electron chi connectivity index (χ2n) is 11.5. The lowest BCUT2D eigenvalue weighted by molar-refractivity contribution is -0.123. The number of nitrogens with one attached hydrogen (secondary N) is 2. The lowest BCUT2D eigenvalue weighted by Gasteiger charge is -2.26. The molecule has 1 aliphatic heterocycles. The summed E-state index contributed by atoms with van der Waals surface area (Å²) in [5.41, 5.74) is 2.24. The molecule has 3 heterocycles. The molecular formula is C29H33ClN6O4. The van der Waals surface area contributed by atoms with Crippen molar-refractivity contribution in [2.24, 2.45) is 30.7 Å². The van der Waals surface area contributed by atoms with Crippen molar-refractivity contribution in [3.63, 3.8) is 0 Å². The summed E-state index contributed by atoms with van der Waals surface area (Å²) < 4.78 is 1.59. The largest absolute Gasteiger partial charge is 0.476 e. The van der Waals surface area contributed by atoms with Crippen LogP contribution in [0, 0.1) is 30.6 Å². The molecule has 11 heteroatoms. The molecule has 3 aliphatic rings. The van der Waals surface area contributed by atoms with Gasteiger partial charge in [-0.15, -0.1) is 0 Å². The van der Waals surface area contributed by atoms with Crippen molar-refractivity contribution in [3.05, 3.63) is 56.6 Å². The number of fused-ring (bicyclic) bond motifs is 2. The van der Waals surface area contributed by atoms with Gasteiger partial charge in [-0.1, -0.05) is 24.1 Å². The standard InChI is InChI=1S/C29H33ClN6O4/c1-14-9-17(15(2)32-21-7-8-22(30)33-25(21)28(39)40)24-18(10-14)27(38)35(3)29(34-24)36-12-19-20(13-36)23(19)26(37)31-11-16-5-4-6-16/h7-10,15-16,19-20,23,32H,4-6,11-13H2,1-3H3,(H,31,37)(H,39,40)/t15-,19-,20-/m1/s1. The minimum atomic E-state index is -1.19. The highest BCUT2D eigenvalue weighted by atomic mass is 35.5. The number of pyridine rings is 1. The second-order valence-corrected chi connectivity index (χ2v) is 11.9. The predicted octanol–water partition coefficient (Wildman–Crippen LogP) is 3.76. The number of hydrogen-bond donors (Lipinski definition) is 3. The van der Waals surface area contributed by atoms with Crippen LogP contribution in [0.15, 0.2) is 29.1 Å². The zero-order valence-electron chi connectivity index (χ0n) is 22.8. The number of halogens is 1. The maximum absolute atomic E-state index is 13.5. The molecule has 2 aliphatic carbocycles. The lowest BCUT2D eigenvalue weighted by atomic mass is 9.85. The Morgan fingerprint density at radius 3 is 2.55 bits per heavy atom. The maximum Gasteiger partial charge on any atom is 0.356 e. The summed E-state index contributed by atoms with van der Waals surface area (Å²) in [6.45, 7) is 5.97. The molecule has 1 aromatic carbocycles. The Hall–Kier alpha value is -3.66. The molecule has 0 bridgehead atoms. The number of anilines is 2. The first-order valence-corrected chi connectivity index (χ1v) is 14.2. The maximum atomic E-state index is 13.5. The molecular weight excluding hydrogens is 532 g/mol. The van der Waals surface area contributed by atoms with E-state index >= 15 is 0 Å². The monoisotopic (exact) mass is 564 g/mol. The van der Waals surface area contributed by atoms with Crippen LogP contribution in [0.3, 0.4) is 0 Å². The number of aryl methyl sites for hydroxylation is 1. The van der Waals surface area contributed by atoms with Gasteiger partial charge in [-0.2, -0.15) is 0 Å². The first-order chi connectivity index (χ1) is 19.1. The van der Waals surface area contributed by atoms with E-state index in [1.807, 2.05) is 26.0 Å². The van der Waals surface area contributed by atoms with Gasteiger partial charge >= 0.3 is 5.97 Å². The van der Waals surface area contributed by atoms with Crippen molar-refractivity contribution < 1.29 is 14.7 Å². The third-order valence-electron chi connectivity index (χ3n) is 8.80. The van der Waals surface area contributed by atoms with Crippen LogP contribution in [0.2, 0.25) is 5.15 Å². The molecule has 3 fully saturated rings. The van der Waals surface area contributed by atoms with E-state index in [1.165, 1.54) is 25.3 Å². The van der Waals surface area contributed by atoms with Crippen LogP contribution in [-0.4, -0.2) is 51.2 Å². The van der Waals surface area contributed by atoms with Crippen molar-refractivity contribution in [1.82, 2.24) is 19.9 Å². The van der Waals surface area contributed by atoms with Crippen LogP contribution in [-0.2, 0) is 11.8 Å². The van der Waals surface area contributed by atoms with Crippen molar-refractivity contribution in [2.45, 2.75) is 39.2 Å². The van der Waals surface area contributed by atoms with Crippen LogP contribution >= 0.6 is 11.6 Å². The Bertz CT molecular complexity index is 1570. The van der Waals surface area contributed by atoms with E-state index in [-0.39, 0.29) is 46.1 Å². The highest BCUT2D eigenvalue weighted by Gasteiger charge is 2.59. The number of amides is 1. The van der Waals surface area contributed by atoms with Gasteiger partial charge in [0.15, 0.2) is 5.69 Å². The molecule has 40 heavy (non-hydrogen) atoms. The summed E-state index contributed by atoms with van der Waals surface area (Å²) in [5, 5.41) is 16.6. The van der Waals surface area contributed by atoms with E-state index in [0.717, 1.165) is 17.7 Å². The smallest absolute Gasteiger partial charge is 0.356 e. The number of carbonyl (C=O) groups is 2. The molecule has 0 unspecified atom stereocenters. The number of carboxylic acids is 1. The minimum absolute atomic E-state index is 0.0488. The molecule has 2 aromatic heterocycles. The van der Waals surface area contributed by atoms with Gasteiger partial charge in [-0.25, -0.2) is 14.8 Å². The van der Waals surface area contributed by atoms with Crippen molar-refractivity contribution >= 4 is 46.0 Å². The summed E-state index contributed by atoms with van der Waals surface area (Å²) in [6.07, 6.45) is 3.68. The summed E-state index contributed by atoms with van der Waals surface area (Å²) >= 11 is 5.93. The summed E-state index contributed by atoms with van der Waals surface area (Å²) in [6, 6.07) is 6.53. The Kier molecular flexibility index (Phi) is 6.68. The van der Waals surface area contributed by atoms with Crippen LogP contribution in [0.5, 0.6) is 0 Å². The minimum Gasteiger partial charge on any atom is -0.476 e. The number of carboxylic acid groups (broad SMARTS) is 1. The molecule has 1 saturated heterocycles. The average molecular weight is 565 g/mol. The van der Waals surface area contributed by atoms with Crippen molar-refractivity contribution in [1.29, 1.82) is 0 Å². The molecule has 6 rings (SSSR count). The quantitative estimate of drug-likeness (QED) is 0.353. The lowest BCUT2D eigenvalue weighted by Crippen LogP contribution is -2.37. The fraction of sp³-hybridized carbons (Fsp3) is 0.483. The number of rotatable bonds is 8. The molecule has 1 amide bonds. The van der Waals surface area contributed by atoms with Gasteiger partial charge in [0.1, 0.15) is 5.15 Å². The van der Waals surface area contributed by atoms with Crippen molar-refractivity contribution in [3.8, 4) is 0 Å². The van der Waals surface area contributed by atoms with Crippen LogP contribution in [0.4, 0.5) is 11.6 Å². The molecule has 3 atom stereocenters. The van der Waals surface area contributed by atoms with Crippen LogP contribution in [0.25, 0.3) is 10.9 Å². The van der Waals surface area contributed by atoms with Crippen molar-refractivity contribution in [2.75, 3.05) is 29.9 Å². The highest BCUT2D eigenvalue weighted by Crippen LogP contribution is 2.52. The first-order valence-electron chi connectivity index (χ1n) is 13.8. The second kappa shape index (κ2) is 10.1. The molecule has 3 N–H and O–H groups in total.